The molecule has 0 aliphatic rings. The number of hydrogen-bond donors (Lipinski definition) is 1. The molecule has 0 aliphatic carbocycles. The molecule has 0 fully saturated rings. The minimum Gasteiger partial charge on any atom is -0.477 e. The van der Waals surface area contributed by atoms with Crippen LogP contribution in [0.25, 0.3) is 5.69 Å². The summed E-state index contributed by atoms with van der Waals surface area (Å²) in [6.07, 6.45) is 1.75. The highest BCUT2D eigenvalue weighted by atomic mass is 16.5. The lowest BCUT2D eigenvalue weighted by atomic mass is 10.2. The quantitative estimate of drug-likeness (QED) is 0.712. The fraction of sp³-hybridized carbons (Fsp3) is 0.333. The van der Waals surface area contributed by atoms with E-state index in [9.17, 15) is 0 Å². The normalized spacial score (nSPS) is 12.2. The largest absolute Gasteiger partial charge is 0.477 e. The van der Waals surface area contributed by atoms with Crippen LogP contribution < -0.4 is 10.1 Å². The molecule has 7 heteroatoms. The molecule has 3 rings (SSSR count). The molecule has 0 bridgehead atoms. The molecule has 1 unspecified atom stereocenters. The van der Waals surface area contributed by atoms with Gasteiger partial charge in [0.05, 0.1) is 30.2 Å². The summed E-state index contributed by atoms with van der Waals surface area (Å²) >= 11 is 0. The minimum atomic E-state index is -0.0839. The highest BCUT2D eigenvalue weighted by Crippen LogP contribution is 2.20. The van der Waals surface area contributed by atoms with Gasteiger partial charge in [-0.25, -0.2) is 4.98 Å². The van der Waals surface area contributed by atoms with Gasteiger partial charge in [0.15, 0.2) is 5.82 Å². The number of nitrogens with one attached hydrogen (secondary N) is 1. The molecule has 3 aromatic rings. The topological polar surface area (TPSA) is 77.8 Å². The van der Waals surface area contributed by atoms with Gasteiger partial charge in [0.25, 0.3) is 0 Å². The van der Waals surface area contributed by atoms with Crippen molar-refractivity contribution in [3.63, 3.8) is 0 Å². The Morgan fingerprint density at radius 2 is 1.88 bits per heavy atom. The molecule has 0 saturated carbocycles. The molecule has 0 amide bonds. The third-order valence-corrected chi connectivity index (χ3v) is 3.57. The van der Waals surface area contributed by atoms with E-state index in [1.54, 1.807) is 10.9 Å². The summed E-state index contributed by atoms with van der Waals surface area (Å²) in [5, 5.41) is 15.4. The first-order valence-electron chi connectivity index (χ1n) is 8.32. The maximum Gasteiger partial charge on any atom is 0.213 e. The Hall–Kier alpha value is -2.96. The maximum absolute atomic E-state index is 5.60. The number of anilines is 1. The van der Waals surface area contributed by atoms with Crippen LogP contribution in [0.2, 0.25) is 0 Å². The molecular weight excluding hydrogens is 316 g/mol. The van der Waals surface area contributed by atoms with Gasteiger partial charge in [-0.2, -0.15) is 4.68 Å². The lowest BCUT2D eigenvalue weighted by molar-refractivity contribution is 0.261. The summed E-state index contributed by atoms with van der Waals surface area (Å²) in [5.41, 5.74) is 1.80. The van der Waals surface area contributed by atoms with Gasteiger partial charge in [-0.3, -0.25) is 0 Å². The van der Waals surface area contributed by atoms with Crippen LogP contribution in [0.1, 0.15) is 32.6 Å². The summed E-state index contributed by atoms with van der Waals surface area (Å²) in [7, 11) is 0. The average Bonchev–Trinajstić information content (AvgIpc) is 3.12. The van der Waals surface area contributed by atoms with Crippen LogP contribution in [0.5, 0.6) is 5.88 Å². The van der Waals surface area contributed by atoms with E-state index in [4.69, 9.17) is 4.74 Å². The number of para-hydroxylation sites is 1. The Kier molecular flexibility index (Phi) is 5.23. The van der Waals surface area contributed by atoms with Crippen molar-refractivity contribution in [3.8, 4) is 11.6 Å². The maximum atomic E-state index is 5.60. The molecular formula is C18H22N6O. The summed E-state index contributed by atoms with van der Waals surface area (Å²) in [5.74, 6) is 1.82. The predicted octanol–water partition coefficient (Wildman–Crippen LogP) is 3.27. The van der Waals surface area contributed by atoms with Crippen molar-refractivity contribution in [3.05, 3.63) is 54.5 Å². The average molecular weight is 338 g/mol. The van der Waals surface area contributed by atoms with E-state index < -0.39 is 0 Å². The Morgan fingerprint density at radius 3 is 2.56 bits per heavy atom. The number of hydrogen-bond acceptors (Lipinski definition) is 6. The van der Waals surface area contributed by atoms with Gasteiger partial charge in [-0.05, 0) is 41.5 Å². The monoisotopic (exact) mass is 338 g/mol. The lowest BCUT2D eigenvalue weighted by Gasteiger charge is -2.15. The number of nitrogens with zero attached hydrogens (tertiary/aromatic N) is 5. The molecule has 1 atom stereocenters. The first-order valence-corrected chi connectivity index (χ1v) is 8.32. The molecule has 0 radical (unpaired) electrons. The fourth-order valence-corrected chi connectivity index (χ4v) is 2.33. The fourth-order valence-electron chi connectivity index (χ4n) is 2.33. The minimum absolute atomic E-state index is 0.0839. The molecule has 130 valence electrons. The summed E-state index contributed by atoms with van der Waals surface area (Å²) in [4.78, 5) is 4.32. The zero-order chi connectivity index (χ0) is 17.6. The Labute approximate surface area is 147 Å². The lowest BCUT2D eigenvalue weighted by Crippen LogP contribution is -2.14. The van der Waals surface area contributed by atoms with Gasteiger partial charge in [-0.1, -0.05) is 32.0 Å². The highest BCUT2D eigenvalue weighted by molar-refractivity contribution is 5.44. The predicted molar refractivity (Wildman–Crippen MR) is 95.8 cm³/mol. The van der Waals surface area contributed by atoms with Crippen LogP contribution in [0.4, 0.5) is 5.69 Å². The van der Waals surface area contributed by atoms with Crippen molar-refractivity contribution in [2.45, 2.75) is 26.8 Å². The molecule has 0 saturated heterocycles. The van der Waals surface area contributed by atoms with Crippen molar-refractivity contribution >= 4 is 5.69 Å². The summed E-state index contributed by atoms with van der Waals surface area (Å²) in [6.45, 7) is 6.87. The standard InChI is InChI=1S/C18H22N6O/c1-13(2)12-25-17-10-9-15(11-19-17)20-14(3)18-21-22-23-24(18)16-7-5-4-6-8-16/h4-11,13-14,20H,12H2,1-3H3. The number of pyridine rings is 1. The molecule has 7 nitrogen and oxygen atoms in total. The number of tetrazole rings is 1. The van der Waals surface area contributed by atoms with Gasteiger partial charge in [-0.15, -0.1) is 5.10 Å². The third kappa shape index (κ3) is 4.32. The van der Waals surface area contributed by atoms with Gasteiger partial charge < -0.3 is 10.1 Å². The van der Waals surface area contributed by atoms with Crippen LogP contribution in [-0.2, 0) is 0 Å². The molecule has 0 spiro atoms. The smallest absolute Gasteiger partial charge is 0.213 e. The van der Waals surface area contributed by atoms with E-state index in [0.29, 0.717) is 18.4 Å². The van der Waals surface area contributed by atoms with Gasteiger partial charge in [0.1, 0.15) is 0 Å². The Balaban J connectivity index is 1.69. The SMILES string of the molecule is CC(C)COc1ccc(NC(C)c2nnnn2-c2ccccc2)cn1. The Bertz CT molecular complexity index is 785. The zero-order valence-corrected chi connectivity index (χ0v) is 14.6. The summed E-state index contributed by atoms with van der Waals surface area (Å²) in [6, 6.07) is 13.5. The number of rotatable bonds is 7. The van der Waals surface area contributed by atoms with Crippen molar-refractivity contribution in [1.29, 1.82) is 0 Å². The van der Waals surface area contributed by atoms with Crippen molar-refractivity contribution in [1.82, 2.24) is 25.2 Å². The summed E-state index contributed by atoms with van der Waals surface area (Å²) < 4.78 is 7.33. The van der Waals surface area contributed by atoms with E-state index in [2.05, 4.69) is 39.7 Å². The van der Waals surface area contributed by atoms with E-state index in [-0.39, 0.29) is 6.04 Å². The van der Waals surface area contributed by atoms with Crippen molar-refractivity contribution in [2.75, 3.05) is 11.9 Å². The van der Waals surface area contributed by atoms with E-state index >= 15 is 0 Å². The zero-order valence-electron chi connectivity index (χ0n) is 14.6. The number of ether oxygens (including phenoxy) is 1. The van der Waals surface area contributed by atoms with Gasteiger partial charge >= 0.3 is 0 Å². The van der Waals surface area contributed by atoms with Crippen LogP contribution in [0.3, 0.4) is 0 Å². The molecule has 0 aliphatic heterocycles. The van der Waals surface area contributed by atoms with Crippen molar-refractivity contribution < 1.29 is 4.74 Å². The second-order valence-corrected chi connectivity index (χ2v) is 6.24. The van der Waals surface area contributed by atoms with Crippen LogP contribution in [-0.4, -0.2) is 31.8 Å². The van der Waals surface area contributed by atoms with Gasteiger partial charge in [0, 0.05) is 6.07 Å². The molecule has 2 heterocycles. The molecule has 2 aromatic heterocycles. The van der Waals surface area contributed by atoms with Crippen molar-refractivity contribution in [2.24, 2.45) is 5.92 Å². The first-order chi connectivity index (χ1) is 12.1. The van der Waals surface area contributed by atoms with Crippen LogP contribution in [0, 0.1) is 5.92 Å². The van der Waals surface area contributed by atoms with Crippen LogP contribution in [0.15, 0.2) is 48.7 Å². The molecule has 25 heavy (non-hydrogen) atoms. The third-order valence-electron chi connectivity index (χ3n) is 3.57. The molecule has 1 N–H and O–H groups in total. The van der Waals surface area contributed by atoms with E-state index in [0.717, 1.165) is 17.2 Å². The van der Waals surface area contributed by atoms with Crippen LogP contribution >= 0.6 is 0 Å². The number of aromatic nitrogens is 5. The van der Waals surface area contributed by atoms with E-state index in [1.807, 2.05) is 49.4 Å². The Morgan fingerprint density at radius 1 is 1.08 bits per heavy atom. The van der Waals surface area contributed by atoms with Gasteiger partial charge in [0.2, 0.25) is 5.88 Å². The molecule has 1 aromatic carbocycles. The first kappa shape index (κ1) is 16.9. The second-order valence-electron chi connectivity index (χ2n) is 6.24. The number of benzene rings is 1. The highest BCUT2D eigenvalue weighted by Gasteiger charge is 2.15. The second kappa shape index (κ2) is 7.74. The van der Waals surface area contributed by atoms with E-state index in [1.165, 1.54) is 0 Å².